The van der Waals surface area contributed by atoms with Gasteiger partial charge in [-0.15, -0.1) is 11.3 Å². The van der Waals surface area contributed by atoms with Crippen LogP contribution < -0.4 is 10.1 Å². The summed E-state index contributed by atoms with van der Waals surface area (Å²) in [4.78, 5) is 30.9. The third kappa shape index (κ3) is 4.90. The summed E-state index contributed by atoms with van der Waals surface area (Å²) in [5.41, 5.74) is 0.907. The lowest BCUT2D eigenvalue weighted by Gasteiger charge is -2.31. The van der Waals surface area contributed by atoms with Crippen LogP contribution in [0.3, 0.4) is 0 Å². The topological polar surface area (TPSA) is 71.5 Å². The number of hydrogen-bond donors (Lipinski definition) is 1. The number of thiazole rings is 1. The third-order valence-electron chi connectivity index (χ3n) is 5.19. The zero-order chi connectivity index (χ0) is 19.3. The van der Waals surface area contributed by atoms with Crippen LogP contribution in [0.5, 0.6) is 5.75 Å². The van der Waals surface area contributed by atoms with E-state index in [1.165, 1.54) is 0 Å². The van der Waals surface area contributed by atoms with Gasteiger partial charge in [0.15, 0.2) is 6.61 Å². The molecule has 28 heavy (non-hydrogen) atoms. The number of rotatable bonds is 7. The molecule has 0 unspecified atom stereocenters. The van der Waals surface area contributed by atoms with Crippen molar-refractivity contribution >= 4 is 23.2 Å². The predicted molar refractivity (Wildman–Crippen MR) is 107 cm³/mol. The second kappa shape index (κ2) is 8.73. The highest BCUT2D eigenvalue weighted by Crippen LogP contribution is 2.30. The highest BCUT2D eigenvalue weighted by atomic mass is 32.1. The minimum atomic E-state index is 0.0158. The molecule has 1 atom stereocenters. The molecular weight excluding hydrogens is 374 g/mol. The van der Waals surface area contributed by atoms with Crippen LogP contribution in [-0.2, 0) is 16.1 Å². The van der Waals surface area contributed by atoms with Crippen molar-refractivity contribution < 1.29 is 14.3 Å². The SMILES string of the molecule is O=C(NCc1csc([C@H]2CCCN(C(=O)COc3ccccc3)C2)n1)C1CC1. The van der Waals surface area contributed by atoms with Gasteiger partial charge in [0.1, 0.15) is 5.75 Å². The lowest BCUT2D eigenvalue weighted by molar-refractivity contribution is -0.134. The molecule has 6 nitrogen and oxygen atoms in total. The van der Waals surface area contributed by atoms with E-state index in [1.807, 2.05) is 40.6 Å². The molecule has 7 heteroatoms. The number of likely N-dealkylation sites (tertiary alicyclic amines) is 1. The third-order valence-corrected chi connectivity index (χ3v) is 6.25. The van der Waals surface area contributed by atoms with E-state index in [4.69, 9.17) is 9.72 Å². The maximum absolute atomic E-state index is 12.5. The quantitative estimate of drug-likeness (QED) is 0.777. The van der Waals surface area contributed by atoms with Crippen LogP contribution in [0.4, 0.5) is 0 Å². The van der Waals surface area contributed by atoms with Crippen molar-refractivity contribution in [3.8, 4) is 5.75 Å². The molecule has 4 rings (SSSR count). The van der Waals surface area contributed by atoms with E-state index in [-0.39, 0.29) is 30.3 Å². The first-order valence-corrected chi connectivity index (χ1v) is 10.7. The summed E-state index contributed by atoms with van der Waals surface area (Å²) in [5, 5.41) is 6.03. The van der Waals surface area contributed by atoms with Gasteiger partial charge in [0, 0.05) is 30.3 Å². The Bertz CT molecular complexity index is 819. The second-order valence-electron chi connectivity index (χ2n) is 7.45. The largest absolute Gasteiger partial charge is 0.484 e. The minimum absolute atomic E-state index is 0.0158. The van der Waals surface area contributed by atoms with Crippen molar-refractivity contribution in [1.82, 2.24) is 15.2 Å². The molecule has 0 radical (unpaired) electrons. The van der Waals surface area contributed by atoms with Gasteiger partial charge in [0.05, 0.1) is 17.2 Å². The van der Waals surface area contributed by atoms with Gasteiger partial charge < -0.3 is 15.0 Å². The van der Waals surface area contributed by atoms with E-state index < -0.39 is 0 Å². The molecule has 148 valence electrons. The Morgan fingerprint density at radius 3 is 2.82 bits per heavy atom. The summed E-state index contributed by atoms with van der Waals surface area (Å²) < 4.78 is 5.60. The Balaban J connectivity index is 1.28. The average Bonchev–Trinajstić information content (AvgIpc) is 3.49. The van der Waals surface area contributed by atoms with Crippen LogP contribution in [0.1, 0.15) is 42.3 Å². The Morgan fingerprint density at radius 1 is 1.21 bits per heavy atom. The number of carbonyl (C=O) groups is 2. The summed E-state index contributed by atoms with van der Waals surface area (Å²) in [6, 6.07) is 9.41. The fraction of sp³-hybridized carbons (Fsp3) is 0.476. The van der Waals surface area contributed by atoms with Gasteiger partial charge in [-0.1, -0.05) is 18.2 Å². The highest BCUT2D eigenvalue weighted by Gasteiger charge is 2.30. The lowest BCUT2D eigenvalue weighted by atomic mass is 9.98. The molecule has 2 aromatic rings. The Hall–Kier alpha value is -2.41. The van der Waals surface area contributed by atoms with Gasteiger partial charge >= 0.3 is 0 Å². The molecule has 1 N–H and O–H groups in total. The van der Waals surface area contributed by atoms with Crippen LogP contribution >= 0.6 is 11.3 Å². The normalized spacial score (nSPS) is 19.3. The van der Waals surface area contributed by atoms with Crippen LogP contribution in [0, 0.1) is 5.92 Å². The van der Waals surface area contributed by atoms with Gasteiger partial charge in [-0.05, 0) is 37.8 Å². The summed E-state index contributed by atoms with van der Waals surface area (Å²) >= 11 is 1.62. The molecule has 1 saturated carbocycles. The maximum atomic E-state index is 12.5. The van der Waals surface area contributed by atoms with E-state index >= 15 is 0 Å². The number of nitrogens with zero attached hydrogens (tertiary/aromatic N) is 2. The Labute approximate surface area is 168 Å². The van der Waals surface area contributed by atoms with Crippen molar-refractivity contribution in [2.24, 2.45) is 5.92 Å². The van der Waals surface area contributed by atoms with E-state index in [0.29, 0.717) is 18.8 Å². The fourth-order valence-electron chi connectivity index (χ4n) is 3.42. The van der Waals surface area contributed by atoms with E-state index in [0.717, 1.165) is 42.9 Å². The zero-order valence-electron chi connectivity index (χ0n) is 15.8. The molecule has 1 aliphatic carbocycles. The molecule has 1 saturated heterocycles. The van der Waals surface area contributed by atoms with Gasteiger partial charge in [-0.2, -0.15) is 0 Å². The standard InChI is InChI=1S/C21H25N3O3S/c25-19(13-27-18-6-2-1-3-7-18)24-10-4-5-16(12-24)21-23-17(14-28-21)11-22-20(26)15-8-9-15/h1-3,6-7,14-16H,4-5,8-13H2,(H,22,26)/t16-/m0/s1. The van der Waals surface area contributed by atoms with Crippen LogP contribution in [0.25, 0.3) is 0 Å². The number of hydrogen-bond acceptors (Lipinski definition) is 5. The molecule has 0 spiro atoms. The number of amides is 2. The lowest BCUT2D eigenvalue weighted by Crippen LogP contribution is -2.41. The van der Waals surface area contributed by atoms with Crippen LogP contribution in [-0.4, -0.2) is 41.4 Å². The maximum Gasteiger partial charge on any atom is 0.260 e. The van der Waals surface area contributed by atoms with Crippen molar-refractivity contribution in [2.45, 2.75) is 38.1 Å². The summed E-state index contributed by atoms with van der Waals surface area (Å²) in [6.07, 6.45) is 4.02. The zero-order valence-corrected chi connectivity index (χ0v) is 16.6. The van der Waals surface area contributed by atoms with Crippen molar-refractivity contribution in [3.63, 3.8) is 0 Å². The first-order chi connectivity index (χ1) is 13.7. The smallest absolute Gasteiger partial charge is 0.260 e. The summed E-state index contributed by atoms with van der Waals surface area (Å²) in [6.45, 7) is 2.00. The van der Waals surface area contributed by atoms with Gasteiger partial charge in [0.2, 0.25) is 5.91 Å². The monoisotopic (exact) mass is 399 g/mol. The van der Waals surface area contributed by atoms with Crippen molar-refractivity contribution in [2.75, 3.05) is 19.7 Å². The number of ether oxygens (including phenoxy) is 1. The minimum Gasteiger partial charge on any atom is -0.484 e. The van der Waals surface area contributed by atoms with Gasteiger partial charge in [-0.25, -0.2) is 4.98 Å². The molecule has 1 aromatic carbocycles. The summed E-state index contributed by atoms with van der Waals surface area (Å²) in [7, 11) is 0. The first-order valence-electron chi connectivity index (χ1n) is 9.86. The molecule has 2 aliphatic rings. The van der Waals surface area contributed by atoms with E-state index in [9.17, 15) is 9.59 Å². The molecule has 2 fully saturated rings. The number of benzene rings is 1. The summed E-state index contributed by atoms with van der Waals surface area (Å²) in [5.74, 6) is 1.34. The average molecular weight is 400 g/mol. The number of carbonyl (C=O) groups excluding carboxylic acids is 2. The van der Waals surface area contributed by atoms with Crippen LogP contribution in [0.15, 0.2) is 35.7 Å². The molecular formula is C21H25N3O3S. The highest BCUT2D eigenvalue weighted by molar-refractivity contribution is 7.09. The second-order valence-corrected chi connectivity index (χ2v) is 8.34. The number of piperidine rings is 1. The molecule has 2 amide bonds. The molecule has 2 heterocycles. The van der Waals surface area contributed by atoms with Crippen molar-refractivity contribution in [1.29, 1.82) is 0 Å². The fourth-order valence-corrected chi connectivity index (χ4v) is 4.36. The Morgan fingerprint density at radius 2 is 2.04 bits per heavy atom. The van der Waals surface area contributed by atoms with Gasteiger partial charge in [-0.3, -0.25) is 9.59 Å². The van der Waals surface area contributed by atoms with E-state index in [2.05, 4.69) is 5.32 Å². The molecule has 1 aliphatic heterocycles. The van der Waals surface area contributed by atoms with E-state index in [1.54, 1.807) is 11.3 Å². The predicted octanol–water partition coefficient (Wildman–Crippen LogP) is 2.95. The molecule has 0 bridgehead atoms. The number of aromatic nitrogens is 1. The van der Waals surface area contributed by atoms with Gasteiger partial charge in [0.25, 0.3) is 5.91 Å². The number of para-hydroxylation sites is 1. The first kappa shape index (κ1) is 18.9. The molecule has 1 aromatic heterocycles. The number of nitrogens with one attached hydrogen (secondary N) is 1. The Kier molecular flexibility index (Phi) is 5.90. The van der Waals surface area contributed by atoms with Crippen LogP contribution in [0.2, 0.25) is 0 Å². The van der Waals surface area contributed by atoms with Crippen molar-refractivity contribution in [3.05, 3.63) is 46.4 Å².